The maximum absolute atomic E-state index is 11.3. The van der Waals surface area contributed by atoms with Gasteiger partial charge >= 0.3 is 5.97 Å². The summed E-state index contributed by atoms with van der Waals surface area (Å²) in [6.45, 7) is 3.96. The Hall–Kier alpha value is -1.42. The van der Waals surface area contributed by atoms with E-state index in [0.717, 1.165) is 27.8 Å². The predicted molar refractivity (Wildman–Crippen MR) is 69.7 cm³/mol. The Bertz CT molecular complexity index is 547. The molecule has 4 heteroatoms. The number of carbonyl (C=O) groups is 1. The van der Waals surface area contributed by atoms with Crippen molar-refractivity contribution in [3.05, 3.63) is 28.8 Å². The number of thiazole rings is 1. The molecule has 3 nitrogen and oxygen atoms in total. The number of benzene rings is 1. The SMILES string of the molecule is CCc1cc2ncsc2cc1C(CC)C(=O)O. The molecule has 1 aromatic heterocycles. The zero-order chi connectivity index (χ0) is 12.4. The van der Waals surface area contributed by atoms with Crippen LogP contribution < -0.4 is 0 Å². The standard InChI is InChI=1S/C13H15NO2S/c1-3-8-5-11-12(17-7-14-11)6-10(8)9(4-2)13(15)16/h5-7,9H,3-4H2,1-2H3,(H,15,16). The first kappa shape index (κ1) is 12.0. The molecule has 0 saturated heterocycles. The third-order valence-corrected chi connectivity index (χ3v) is 3.85. The van der Waals surface area contributed by atoms with E-state index in [0.29, 0.717) is 6.42 Å². The van der Waals surface area contributed by atoms with Gasteiger partial charge in [-0.15, -0.1) is 11.3 Å². The Balaban J connectivity index is 2.60. The van der Waals surface area contributed by atoms with Crippen molar-refractivity contribution in [3.8, 4) is 0 Å². The van der Waals surface area contributed by atoms with E-state index in [4.69, 9.17) is 0 Å². The first-order valence-electron chi connectivity index (χ1n) is 5.76. The topological polar surface area (TPSA) is 50.2 Å². The smallest absolute Gasteiger partial charge is 0.310 e. The molecular formula is C13H15NO2S. The van der Waals surface area contributed by atoms with E-state index in [-0.39, 0.29) is 0 Å². The van der Waals surface area contributed by atoms with Crippen molar-refractivity contribution in [2.75, 3.05) is 0 Å². The summed E-state index contributed by atoms with van der Waals surface area (Å²) in [5.74, 6) is -1.15. The summed E-state index contributed by atoms with van der Waals surface area (Å²) >= 11 is 1.56. The number of hydrogen-bond donors (Lipinski definition) is 1. The number of nitrogens with zero attached hydrogens (tertiary/aromatic N) is 1. The van der Waals surface area contributed by atoms with Crippen LogP contribution in [0, 0.1) is 0 Å². The minimum Gasteiger partial charge on any atom is -0.481 e. The van der Waals surface area contributed by atoms with Gasteiger partial charge in [-0.25, -0.2) is 4.98 Å². The van der Waals surface area contributed by atoms with Crippen LogP contribution in [-0.2, 0) is 11.2 Å². The number of rotatable bonds is 4. The van der Waals surface area contributed by atoms with Gasteiger partial charge in [-0.05, 0) is 36.1 Å². The van der Waals surface area contributed by atoms with Crippen molar-refractivity contribution < 1.29 is 9.90 Å². The molecule has 2 rings (SSSR count). The third kappa shape index (κ3) is 2.17. The van der Waals surface area contributed by atoms with Crippen molar-refractivity contribution in [1.82, 2.24) is 4.98 Å². The van der Waals surface area contributed by atoms with Gasteiger partial charge in [0.15, 0.2) is 0 Å². The first-order valence-corrected chi connectivity index (χ1v) is 6.64. The summed E-state index contributed by atoms with van der Waals surface area (Å²) in [6, 6.07) is 4.01. The van der Waals surface area contributed by atoms with E-state index in [1.807, 2.05) is 26.0 Å². The molecule has 0 amide bonds. The van der Waals surface area contributed by atoms with E-state index in [2.05, 4.69) is 4.98 Å². The number of fused-ring (bicyclic) bond motifs is 1. The molecule has 1 atom stereocenters. The van der Waals surface area contributed by atoms with Gasteiger partial charge in [-0.2, -0.15) is 0 Å². The van der Waals surface area contributed by atoms with Crippen molar-refractivity contribution >= 4 is 27.5 Å². The predicted octanol–water partition coefficient (Wildman–Crippen LogP) is 3.44. The van der Waals surface area contributed by atoms with Gasteiger partial charge in [0.1, 0.15) is 0 Å². The first-order chi connectivity index (χ1) is 8.17. The van der Waals surface area contributed by atoms with Gasteiger partial charge in [0.05, 0.1) is 21.6 Å². The quantitative estimate of drug-likeness (QED) is 0.903. The molecule has 0 fully saturated rings. The Morgan fingerprint density at radius 1 is 1.47 bits per heavy atom. The van der Waals surface area contributed by atoms with Crippen LogP contribution >= 0.6 is 11.3 Å². The Kier molecular flexibility index (Phi) is 3.43. The van der Waals surface area contributed by atoms with Crippen molar-refractivity contribution in [3.63, 3.8) is 0 Å². The fourth-order valence-corrected chi connectivity index (χ4v) is 2.83. The molecule has 1 N–H and O–H groups in total. The van der Waals surface area contributed by atoms with Gasteiger partial charge in [0.2, 0.25) is 0 Å². The summed E-state index contributed by atoms with van der Waals surface area (Å²) in [6.07, 6.45) is 1.46. The molecule has 0 aliphatic carbocycles. The highest BCUT2D eigenvalue weighted by Gasteiger charge is 2.21. The molecule has 0 aliphatic rings. The highest BCUT2D eigenvalue weighted by Crippen LogP contribution is 2.30. The molecule has 1 unspecified atom stereocenters. The van der Waals surface area contributed by atoms with E-state index in [1.165, 1.54) is 0 Å². The van der Waals surface area contributed by atoms with E-state index < -0.39 is 11.9 Å². The van der Waals surface area contributed by atoms with Crippen molar-refractivity contribution in [1.29, 1.82) is 0 Å². The van der Waals surface area contributed by atoms with E-state index in [1.54, 1.807) is 16.8 Å². The fraction of sp³-hybridized carbons (Fsp3) is 0.385. The molecule has 0 radical (unpaired) electrons. The van der Waals surface area contributed by atoms with Crippen LogP contribution in [0.4, 0.5) is 0 Å². The molecular weight excluding hydrogens is 234 g/mol. The second-order valence-corrected chi connectivity index (χ2v) is 4.91. The lowest BCUT2D eigenvalue weighted by Gasteiger charge is -2.14. The lowest BCUT2D eigenvalue weighted by Crippen LogP contribution is -2.12. The minimum absolute atomic E-state index is 0.406. The van der Waals surface area contributed by atoms with Crippen LogP contribution in [0.15, 0.2) is 17.6 Å². The summed E-state index contributed by atoms with van der Waals surface area (Å²) in [5, 5.41) is 9.26. The average Bonchev–Trinajstić information content (AvgIpc) is 2.75. The van der Waals surface area contributed by atoms with Crippen LogP contribution in [0.1, 0.15) is 37.3 Å². The number of carboxylic acids is 1. The molecule has 17 heavy (non-hydrogen) atoms. The van der Waals surface area contributed by atoms with Gasteiger partial charge < -0.3 is 5.11 Å². The maximum Gasteiger partial charge on any atom is 0.310 e. The minimum atomic E-state index is -0.744. The number of aryl methyl sites for hydroxylation is 1. The highest BCUT2D eigenvalue weighted by molar-refractivity contribution is 7.16. The van der Waals surface area contributed by atoms with Crippen LogP contribution in [0.5, 0.6) is 0 Å². The second-order valence-electron chi connectivity index (χ2n) is 4.02. The van der Waals surface area contributed by atoms with Crippen LogP contribution in [0.2, 0.25) is 0 Å². The number of hydrogen-bond acceptors (Lipinski definition) is 3. The van der Waals surface area contributed by atoms with E-state index in [9.17, 15) is 9.90 Å². The highest BCUT2D eigenvalue weighted by atomic mass is 32.1. The molecule has 1 heterocycles. The van der Waals surface area contributed by atoms with Gasteiger partial charge in [0, 0.05) is 0 Å². The second kappa shape index (κ2) is 4.84. The Morgan fingerprint density at radius 3 is 2.82 bits per heavy atom. The summed E-state index contributed by atoms with van der Waals surface area (Å²) in [5.41, 5.74) is 4.81. The molecule has 1 aromatic carbocycles. The molecule has 2 aromatic rings. The number of carboxylic acid groups (broad SMARTS) is 1. The summed E-state index contributed by atoms with van der Waals surface area (Å²) < 4.78 is 1.07. The molecule has 90 valence electrons. The molecule has 0 saturated carbocycles. The Labute approximate surface area is 104 Å². The summed E-state index contributed by atoms with van der Waals surface area (Å²) in [7, 11) is 0. The van der Waals surface area contributed by atoms with Gasteiger partial charge in [0.25, 0.3) is 0 Å². The number of aliphatic carboxylic acids is 1. The van der Waals surface area contributed by atoms with E-state index >= 15 is 0 Å². The number of aromatic nitrogens is 1. The molecule has 0 aliphatic heterocycles. The molecule has 0 spiro atoms. The van der Waals surface area contributed by atoms with Crippen LogP contribution in [0.25, 0.3) is 10.2 Å². The van der Waals surface area contributed by atoms with Crippen molar-refractivity contribution in [2.24, 2.45) is 0 Å². The fourth-order valence-electron chi connectivity index (χ4n) is 2.12. The van der Waals surface area contributed by atoms with Crippen LogP contribution in [-0.4, -0.2) is 16.1 Å². The lowest BCUT2D eigenvalue weighted by atomic mass is 9.91. The monoisotopic (exact) mass is 249 g/mol. The molecule has 0 bridgehead atoms. The van der Waals surface area contributed by atoms with Crippen LogP contribution in [0.3, 0.4) is 0 Å². The zero-order valence-electron chi connectivity index (χ0n) is 9.93. The zero-order valence-corrected chi connectivity index (χ0v) is 10.8. The van der Waals surface area contributed by atoms with Gasteiger partial charge in [-0.3, -0.25) is 4.79 Å². The maximum atomic E-state index is 11.3. The van der Waals surface area contributed by atoms with Crippen molar-refractivity contribution in [2.45, 2.75) is 32.6 Å². The van der Waals surface area contributed by atoms with Gasteiger partial charge in [-0.1, -0.05) is 13.8 Å². The lowest BCUT2D eigenvalue weighted by molar-refractivity contribution is -0.138. The largest absolute Gasteiger partial charge is 0.481 e. The normalized spacial score (nSPS) is 12.8. The average molecular weight is 249 g/mol. The summed E-state index contributed by atoms with van der Waals surface area (Å²) in [4.78, 5) is 15.5. The third-order valence-electron chi connectivity index (χ3n) is 3.05. The Morgan fingerprint density at radius 2 is 2.24 bits per heavy atom.